The fourth-order valence-electron chi connectivity index (χ4n) is 4.60. The van der Waals surface area contributed by atoms with Gasteiger partial charge in [0.05, 0.1) is 29.0 Å². The van der Waals surface area contributed by atoms with Gasteiger partial charge in [-0.2, -0.15) is 5.10 Å². The van der Waals surface area contributed by atoms with Gasteiger partial charge in [-0.25, -0.2) is 4.68 Å². The predicted octanol–water partition coefficient (Wildman–Crippen LogP) is 4.72. The second kappa shape index (κ2) is 11.1. The summed E-state index contributed by atoms with van der Waals surface area (Å²) < 4.78 is 6.93. The molecule has 37 heavy (non-hydrogen) atoms. The second-order valence-corrected chi connectivity index (χ2v) is 11.6. The number of rotatable bonds is 7. The van der Waals surface area contributed by atoms with Gasteiger partial charge in [-0.1, -0.05) is 62.7 Å². The van der Waals surface area contributed by atoms with Crippen LogP contribution in [-0.4, -0.2) is 54.2 Å². The lowest BCUT2D eigenvalue weighted by molar-refractivity contribution is -0.123. The molecule has 4 rings (SSSR count). The number of anilines is 1. The molecule has 2 amide bonds. The molecule has 0 spiro atoms. The van der Waals surface area contributed by atoms with Gasteiger partial charge in [0.15, 0.2) is 0 Å². The molecule has 7 nitrogen and oxygen atoms in total. The molecule has 0 aliphatic carbocycles. The third-order valence-corrected chi connectivity index (χ3v) is 7.58. The highest BCUT2D eigenvalue weighted by molar-refractivity contribution is 8.00. The number of hydrogen-bond donors (Lipinski definition) is 1. The van der Waals surface area contributed by atoms with Crippen molar-refractivity contribution in [2.75, 3.05) is 37.5 Å². The molecule has 2 aromatic carbocycles. The molecule has 0 saturated carbocycles. The van der Waals surface area contributed by atoms with Gasteiger partial charge in [0.2, 0.25) is 11.8 Å². The van der Waals surface area contributed by atoms with Crippen LogP contribution in [0.5, 0.6) is 0 Å². The number of nitrogens with zero attached hydrogens (tertiary/aromatic N) is 3. The molecule has 1 atom stereocenters. The van der Waals surface area contributed by atoms with Crippen LogP contribution in [0.25, 0.3) is 5.69 Å². The van der Waals surface area contributed by atoms with Gasteiger partial charge in [-0.3, -0.25) is 14.5 Å². The molecule has 196 valence electrons. The summed E-state index contributed by atoms with van der Waals surface area (Å²) in [5, 5.41) is 7.90. The highest BCUT2D eigenvalue weighted by Gasteiger charge is 2.39. The summed E-state index contributed by atoms with van der Waals surface area (Å²) in [6.45, 7) is 11.2. The van der Waals surface area contributed by atoms with Crippen molar-refractivity contribution < 1.29 is 14.3 Å². The molecule has 8 heteroatoms. The number of aryl methyl sites for hydroxylation is 2. The van der Waals surface area contributed by atoms with Crippen LogP contribution in [0.4, 0.5) is 5.82 Å². The average molecular weight is 521 g/mol. The van der Waals surface area contributed by atoms with Crippen LogP contribution in [0.3, 0.4) is 0 Å². The summed E-state index contributed by atoms with van der Waals surface area (Å²) in [6.07, 6.45) is 0. The van der Waals surface area contributed by atoms with Crippen molar-refractivity contribution >= 4 is 29.4 Å². The van der Waals surface area contributed by atoms with Gasteiger partial charge in [0.25, 0.3) is 0 Å². The molecule has 0 saturated heterocycles. The fourth-order valence-corrected chi connectivity index (χ4v) is 5.79. The standard InChI is InChI=1S/C29H36N4O3S/c1-19-9-7-11-21(15-19)26-25-27(29(3,4)5)31-33(22-12-8-10-20(2)16-22)28(25)32(24(35)18-37-26)17-23(34)30-13-14-36-6/h7-12,15-16,26H,13-14,17-18H2,1-6H3,(H,30,34)/t26-/m1/s1. The molecule has 0 radical (unpaired) electrons. The Morgan fingerprint density at radius 1 is 1.14 bits per heavy atom. The third-order valence-electron chi connectivity index (χ3n) is 6.32. The summed E-state index contributed by atoms with van der Waals surface area (Å²) in [7, 11) is 1.59. The zero-order valence-corrected chi connectivity index (χ0v) is 23.3. The number of ether oxygens (including phenoxy) is 1. The van der Waals surface area contributed by atoms with Crippen molar-refractivity contribution in [2.24, 2.45) is 0 Å². The van der Waals surface area contributed by atoms with Crippen LogP contribution in [-0.2, 0) is 19.7 Å². The predicted molar refractivity (Wildman–Crippen MR) is 150 cm³/mol. The van der Waals surface area contributed by atoms with E-state index < -0.39 is 0 Å². The summed E-state index contributed by atoms with van der Waals surface area (Å²) in [6, 6.07) is 16.5. The van der Waals surface area contributed by atoms with Gasteiger partial charge < -0.3 is 10.1 Å². The van der Waals surface area contributed by atoms with Crippen molar-refractivity contribution in [3.63, 3.8) is 0 Å². The first-order valence-corrected chi connectivity index (χ1v) is 13.6. The SMILES string of the molecule is COCCNC(=O)CN1C(=O)CS[C@H](c2cccc(C)c2)c2c(C(C)(C)C)nn(-c3cccc(C)c3)c21. The first kappa shape index (κ1) is 26.9. The number of benzene rings is 2. The van der Waals surface area contributed by atoms with Crippen LogP contribution >= 0.6 is 11.8 Å². The Morgan fingerprint density at radius 2 is 1.84 bits per heavy atom. The smallest absolute Gasteiger partial charge is 0.240 e. The molecular weight excluding hydrogens is 484 g/mol. The average Bonchev–Trinajstić information content (AvgIpc) is 3.17. The van der Waals surface area contributed by atoms with Crippen LogP contribution in [0.2, 0.25) is 0 Å². The maximum Gasteiger partial charge on any atom is 0.240 e. The molecule has 1 N–H and O–H groups in total. The van der Waals surface area contributed by atoms with Crippen LogP contribution in [0, 0.1) is 13.8 Å². The molecule has 3 aromatic rings. The fraction of sp³-hybridized carbons (Fsp3) is 0.414. The van der Waals surface area contributed by atoms with E-state index in [0.717, 1.165) is 33.6 Å². The van der Waals surface area contributed by atoms with E-state index in [1.165, 1.54) is 0 Å². The Morgan fingerprint density at radius 3 is 2.49 bits per heavy atom. The maximum absolute atomic E-state index is 13.7. The van der Waals surface area contributed by atoms with Crippen molar-refractivity contribution in [1.82, 2.24) is 15.1 Å². The minimum atomic E-state index is -0.290. The molecular formula is C29H36N4O3S. The van der Waals surface area contributed by atoms with E-state index in [9.17, 15) is 9.59 Å². The van der Waals surface area contributed by atoms with E-state index in [1.807, 2.05) is 29.8 Å². The summed E-state index contributed by atoms with van der Waals surface area (Å²) in [5.74, 6) is 0.580. The molecule has 2 heterocycles. The zero-order chi connectivity index (χ0) is 26.7. The number of carbonyl (C=O) groups excluding carboxylic acids is 2. The number of fused-ring (bicyclic) bond motifs is 1. The molecule has 0 unspecified atom stereocenters. The van der Waals surface area contributed by atoms with Crippen molar-refractivity contribution in [3.8, 4) is 5.69 Å². The highest BCUT2D eigenvalue weighted by Crippen LogP contribution is 2.48. The minimum absolute atomic E-state index is 0.0856. The Hall–Kier alpha value is -3.10. The number of carbonyl (C=O) groups is 2. The quantitative estimate of drug-likeness (QED) is 0.457. The first-order valence-electron chi connectivity index (χ1n) is 12.5. The Bertz CT molecular complexity index is 1290. The minimum Gasteiger partial charge on any atom is -0.383 e. The molecule has 1 aliphatic rings. The highest BCUT2D eigenvalue weighted by atomic mass is 32.2. The van der Waals surface area contributed by atoms with E-state index in [1.54, 1.807) is 23.8 Å². The Labute approximate surface area is 223 Å². The van der Waals surface area contributed by atoms with Gasteiger partial charge in [0.1, 0.15) is 12.4 Å². The zero-order valence-electron chi connectivity index (χ0n) is 22.5. The maximum atomic E-state index is 13.7. The van der Waals surface area contributed by atoms with Gasteiger partial charge in [-0.05, 0) is 37.1 Å². The van der Waals surface area contributed by atoms with Crippen molar-refractivity contribution in [2.45, 2.75) is 45.3 Å². The van der Waals surface area contributed by atoms with E-state index in [-0.39, 0.29) is 34.8 Å². The summed E-state index contributed by atoms with van der Waals surface area (Å²) in [4.78, 5) is 28.2. The van der Waals surface area contributed by atoms with Crippen molar-refractivity contribution in [1.29, 1.82) is 0 Å². The van der Waals surface area contributed by atoms with E-state index in [4.69, 9.17) is 9.84 Å². The normalized spacial score (nSPS) is 15.9. The number of hydrogen-bond acceptors (Lipinski definition) is 5. The van der Waals surface area contributed by atoms with Gasteiger partial charge in [0, 0.05) is 24.6 Å². The number of thioether (sulfide) groups is 1. The van der Waals surface area contributed by atoms with Crippen molar-refractivity contribution in [3.05, 3.63) is 76.5 Å². The number of nitrogens with one attached hydrogen (secondary N) is 1. The van der Waals surface area contributed by atoms with Gasteiger partial charge >= 0.3 is 0 Å². The monoisotopic (exact) mass is 520 g/mol. The van der Waals surface area contributed by atoms with Crippen LogP contribution in [0.15, 0.2) is 48.5 Å². The lowest BCUT2D eigenvalue weighted by atomic mass is 9.87. The van der Waals surface area contributed by atoms with E-state index >= 15 is 0 Å². The molecule has 0 bridgehead atoms. The number of amides is 2. The Balaban J connectivity index is 1.96. The van der Waals surface area contributed by atoms with Crippen LogP contribution < -0.4 is 10.2 Å². The number of methoxy groups -OCH3 is 1. The summed E-state index contributed by atoms with van der Waals surface area (Å²) >= 11 is 1.59. The summed E-state index contributed by atoms with van der Waals surface area (Å²) in [5.41, 5.74) is 5.85. The second-order valence-electron chi connectivity index (χ2n) is 10.5. The molecule has 0 fully saturated rings. The Kier molecular flexibility index (Phi) is 8.09. The largest absolute Gasteiger partial charge is 0.383 e. The number of aromatic nitrogens is 2. The lowest BCUT2D eigenvalue weighted by Crippen LogP contribution is -2.43. The molecule has 1 aromatic heterocycles. The lowest BCUT2D eigenvalue weighted by Gasteiger charge is -2.24. The topological polar surface area (TPSA) is 76.5 Å². The molecule has 1 aliphatic heterocycles. The first-order chi connectivity index (χ1) is 17.6. The van der Waals surface area contributed by atoms with E-state index in [2.05, 4.69) is 63.3 Å². The van der Waals surface area contributed by atoms with E-state index in [0.29, 0.717) is 19.0 Å². The van der Waals surface area contributed by atoms with Crippen LogP contribution in [0.1, 0.15) is 54.0 Å². The third kappa shape index (κ3) is 5.91. The van der Waals surface area contributed by atoms with Gasteiger partial charge in [-0.15, -0.1) is 11.8 Å².